The van der Waals surface area contributed by atoms with Crippen LogP contribution < -0.4 is 29.1 Å². The average Bonchev–Trinajstić information content (AvgIpc) is 2.95. The third kappa shape index (κ3) is 2.89. The molecule has 0 saturated carbocycles. The summed E-state index contributed by atoms with van der Waals surface area (Å²) in [4.78, 5) is 13.3. The van der Waals surface area contributed by atoms with E-state index in [1.54, 1.807) is 38.1 Å². The van der Waals surface area contributed by atoms with Crippen molar-refractivity contribution in [3.8, 4) is 34.5 Å². The lowest BCUT2D eigenvalue weighted by molar-refractivity contribution is -0.111. The molecule has 0 unspecified atom stereocenters. The van der Waals surface area contributed by atoms with E-state index in [1.165, 1.54) is 14.2 Å². The first-order chi connectivity index (χ1) is 15.2. The van der Waals surface area contributed by atoms with Crippen LogP contribution >= 0.6 is 0 Å². The van der Waals surface area contributed by atoms with Gasteiger partial charge < -0.3 is 38.3 Å². The highest BCUT2D eigenvalue weighted by Crippen LogP contribution is 2.46. The largest absolute Gasteiger partial charge is 0.493 e. The highest BCUT2D eigenvalue weighted by molar-refractivity contribution is 5.84. The number of rotatable bonds is 2. The molecule has 168 valence electrons. The van der Waals surface area contributed by atoms with Crippen molar-refractivity contribution in [1.82, 2.24) is 0 Å². The molecule has 9 heteroatoms. The molecular formula is C23H22O9. The molecule has 0 bridgehead atoms. The number of benzene rings is 2. The van der Waals surface area contributed by atoms with Crippen molar-refractivity contribution >= 4 is 11.0 Å². The van der Waals surface area contributed by atoms with Crippen LogP contribution in [0.15, 0.2) is 33.5 Å². The predicted molar refractivity (Wildman–Crippen MR) is 112 cm³/mol. The van der Waals surface area contributed by atoms with Gasteiger partial charge in [-0.1, -0.05) is 0 Å². The molecule has 0 radical (unpaired) electrons. The van der Waals surface area contributed by atoms with Crippen molar-refractivity contribution in [2.24, 2.45) is 0 Å². The van der Waals surface area contributed by atoms with Crippen LogP contribution in [0.3, 0.4) is 0 Å². The van der Waals surface area contributed by atoms with Crippen LogP contribution in [0.5, 0.6) is 34.5 Å². The zero-order valence-corrected chi connectivity index (χ0v) is 17.9. The summed E-state index contributed by atoms with van der Waals surface area (Å²) in [6, 6.07) is 6.29. The Labute approximate surface area is 182 Å². The van der Waals surface area contributed by atoms with E-state index >= 15 is 0 Å². The fourth-order valence-electron chi connectivity index (χ4n) is 4.03. The van der Waals surface area contributed by atoms with Gasteiger partial charge in [-0.05, 0) is 26.0 Å². The first-order valence-electron chi connectivity index (χ1n) is 9.99. The van der Waals surface area contributed by atoms with Crippen LogP contribution in [0, 0.1) is 0 Å². The molecule has 3 aromatic rings. The number of methoxy groups -OCH3 is 2. The Bertz CT molecular complexity index is 1290. The minimum atomic E-state index is -1.31. The van der Waals surface area contributed by atoms with Gasteiger partial charge in [-0.15, -0.1) is 0 Å². The topological polar surface area (TPSA) is 117 Å². The SMILES string of the molecule is COc1cc2c(cc1OC)Oc1c(oc3c4c(ccc3c1=O)OC(C)(C)[C@@H](O)[C@H]4O)CO2. The molecular weight excluding hydrogens is 420 g/mol. The molecule has 2 aromatic carbocycles. The van der Waals surface area contributed by atoms with E-state index in [1.807, 2.05) is 0 Å². The molecule has 32 heavy (non-hydrogen) atoms. The smallest absolute Gasteiger partial charge is 0.235 e. The molecule has 0 spiro atoms. The number of aliphatic hydroxyl groups is 2. The van der Waals surface area contributed by atoms with Gasteiger partial charge in [0.1, 0.15) is 29.1 Å². The van der Waals surface area contributed by atoms with Gasteiger partial charge in [-0.25, -0.2) is 0 Å². The number of ether oxygens (including phenoxy) is 5. The van der Waals surface area contributed by atoms with E-state index in [2.05, 4.69) is 0 Å². The van der Waals surface area contributed by atoms with Gasteiger partial charge in [0, 0.05) is 12.1 Å². The normalized spacial score (nSPS) is 20.6. The van der Waals surface area contributed by atoms with Crippen LogP contribution in [0.25, 0.3) is 11.0 Å². The van der Waals surface area contributed by atoms with Crippen LogP contribution in [-0.4, -0.2) is 36.1 Å². The molecule has 2 aliphatic rings. The van der Waals surface area contributed by atoms with Gasteiger partial charge in [0.25, 0.3) is 0 Å². The number of hydrogen-bond acceptors (Lipinski definition) is 9. The predicted octanol–water partition coefficient (Wildman–Crippen LogP) is 3.06. The molecule has 2 atom stereocenters. The van der Waals surface area contributed by atoms with Crippen LogP contribution in [-0.2, 0) is 6.61 Å². The highest BCUT2D eigenvalue weighted by atomic mass is 16.6. The van der Waals surface area contributed by atoms with E-state index in [0.717, 1.165) is 0 Å². The summed E-state index contributed by atoms with van der Waals surface area (Å²) < 4.78 is 34.2. The lowest BCUT2D eigenvalue weighted by Crippen LogP contribution is -2.48. The Hall–Kier alpha value is -3.43. The average molecular weight is 442 g/mol. The van der Waals surface area contributed by atoms with Crippen LogP contribution in [0.2, 0.25) is 0 Å². The van der Waals surface area contributed by atoms with Crippen LogP contribution in [0.4, 0.5) is 0 Å². The van der Waals surface area contributed by atoms with E-state index in [4.69, 9.17) is 28.1 Å². The van der Waals surface area contributed by atoms with E-state index in [9.17, 15) is 15.0 Å². The number of hydrogen-bond donors (Lipinski definition) is 2. The van der Waals surface area contributed by atoms with Crippen molar-refractivity contribution < 1.29 is 38.3 Å². The van der Waals surface area contributed by atoms with Crippen molar-refractivity contribution in [3.63, 3.8) is 0 Å². The molecule has 9 nitrogen and oxygen atoms in total. The second-order valence-corrected chi connectivity index (χ2v) is 8.18. The highest BCUT2D eigenvalue weighted by Gasteiger charge is 2.44. The maximum absolute atomic E-state index is 13.3. The van der Waals surface area contributed by atoms with Gasteiger partial charge >= 0.3 is 0 Å². The van der Waals surface area contributed by atoms with Gasteiger partial charge in [-0.2, -0.15) is 0 Å². The minimum Gasteiger partial charge on any atom is -0.493 e. The zero-order valence-electron chi connectivity index (χ0n) is 17.9. The van der Waals surface area contributed by atoms with Crippen molar-refractivity contribution in [2.45, 2.75) is 38.3 Å². The van der Waals surface area contributed by atoms with Crippen molar-refractivity contribution in [1.29, 1.82) is 0 Å². The summed E-state index contributed by atoms with van der Waals surface area (Å²) in [5.41, 5.74) is -1.14. The summed E-state index contributed by atoms with van der Waals surface area (Å²) >= 11 is 0. The molecule has 0 amide bonds. The lowest BCUT2D eigenvalue weighted by atomic mass is 9.87. The van der Waals surface area contributed by atoms with E-state index in [-0.39, 0.29) is 40.4 Å². The number of fused-ring (bicyclic) bond motifs is 5. The first-order valence-corrected chi connectivity index (χ1v) is 9.99. The Morgan fingerprint density at radius 3 is 2.41 bits per heavy atom. The molecule has 0 fully saturated rings. The Kier molecular flexibility index (Phi) is 4.51. The van der Waals surface area contributed by atoms with Gasteiger partial charge in [-0.3, -0.25) is 4.79 Å². The van der Waals surface area contributed by atoms with Gasteiger partial charge in [0.05, 0.1) is 25.2 Å². The number of aliphatic hydroxyl groups excluding tert-OH is 2. The Morgan fingerprint density at radius 2 is 1.72 bits per heavy atom. The van der Waals surface area contributed by atoms with Crippen LogP contribution in [0.1, 0.15) is 31.3 Å². The second-order valence-electron chi connectivity index (χ2n) is 8.18. The van der Waals surface area contributed by atoms with Crippen molar-refractivity contribution in [2.75, 3.05) is 14.2 Å². The first kappa shape index (κ1) is 20.5. The third-order valence-electron chi connectivity index (χ3n) is 5.79. The molecule has 5 rings (SSSR count). The Balaban J connectivity index is 1.69. The quantitative estimate of drug-likeness (QED) is 0.617. The Morgan fingerprint density at radius 1 is 1.03 bits per heavy atom. The fourth-order valence-corrected chi connectivity index (χ4v) is 4.03. The zero-order chi connectivity index (χ0) is 22.8. The maximum atomic E-state index is 13.3. The summed E-state index contributed by atoms with van der Waals surface area (Å²) in [5, 5.41) is 21.5. The monoisotopic (exact) mass is 442 g/mol. The van der Waals surface area contributed by atoms with Crippen molar-refractivity contribution in [3.05, 3.63) is 45.8 Å². The fraction of sp³-hybridized carbons (Fsp3) is 0.348. The molecule has 1 aromatic heterocycles. The lowest BCUT2D eigenvalue weighted by Gasteiger charge is -2.40. The van der Waals surface area contributed by atoms with Gasteiger partial charge in [0.15, 0.2) is 35.4 Å². The molecule has 2 aliphatic heterocycles. The maximum Gasteiger partial charge on any atom is 0.235 e. The minimum absolute atomic E-state index is 0.0319. The molecule has 3 heterocycles. The summed E-state index contributed by atoms with van der Waals surface area (Å²) in [6.07, 6.45) is -2.53. The molecule has 0 saturated heterocycles. The van der Waals surface area contributed by atoms with Gasteiger partial charge in [0.2, 0.25) is 11.2 Å². The molecule has 0 aliphatic carbocycles. The van der Waals surface area contributed by atoms with E-state index < -0.39 is 23.2 Å². The summed E-state index contributed by atoms with van der Waals surface area (Å²) in [6.45, 7) is 3.24. The molecule has 2 N–H and O–H groups in total. The third-order valence-corrected chi connectivity index (χ3v) is 5.79. The summed E-state index contributed by atoms with van der Waals surface area (Å²) in [5.74, 6) is 1.90. The summed E-state index contributed by atoms with van der Waals surface area (Å²) in [7, 11) is 2.99. The second kappa shape index (κ2) is 7.04. The standard InChI is InChI=1S/C23H22O9/c1-23(2)22(26)19(25)17-11(32-23)6-5-10-18(24)21-16(31-20(10)17)9-29-14-7-12(27-3)13(28-4)8-15(14)30-21/h5-8,19,22,25-26H,9H2,1-4H3/t19-,22-/m0/s1. The van der Waals surface area contributed by atoms with E-state index in [0.29, 0.717) is 23.0 Å².